The summed E-state index contributed by atoms with van der Waals surface area (Å²) in [7, 11) is -2.07. The Kier molecular flexibility index (Phi) is 5.95. The number of carbonyl (C=O) groups excluding carboxylic acids is 2. The molecule has 0 N–H and O–H groups in total. The fraction of sp³-hybridized carbons (Fsp3) is 0.421. The molecule has 2 heterocycles. The lowest BCUT2D eigenvalue weighted by Crippen LogP contribution is -2.36. The molecule has 9 heteroatoms. The first-order valence-electron chi connectivity index (χ1n) is 9.16. The topological polar surface area (TPSA) is 92.6 Å². The van der Waals surface area contributed by atoms with E-state index in [4.69, 9.17) is 0 Å². The normalized spacial score (nSPS) is 15.0. The van der Waals surface area contributed by atoms with Gasteiger partial charge in [-0.25, -0.2) is 13.4 Å². The van der Waals surface area contributed by atoms with Crippen LogP contribution < -0.4 is 0 Å². The van der Waals surface area contributed by atoms with Crippen LogP contribution >= 0.6 is 0 Å². The molecule has 28 heavy (non-hydrogen) atoms. The van der Waals surface area contributed by atoms with Gasteiger partial charge in [-0.05, 0) is 18.9 Å². The highest BCUT2D eigenvalue weighted by molar-refractivity contribution is 7.89. The van der Waals surface area contributed by atoms with Gasteiger partial charge in [-0.15, -0.1) is 0 Å². The molecule has 150 valence electrons. The Morgan fingerprint density at radius 3 is 2.32 bits per heavy atom. The number of rotatable bonds is 8. The lowest BCUT2D eigenvalue weighted by Gasteiger charge is -2.22. The number of carbonyl (C=O) groups is 2. The zero-order valence-corrected chi connectivity index (χ0v) is 16.9. The van der Waals surface area contributed by atoms with Gasteiger partial charge < -0.3 is 4.57 Å². The highest BCUT2D eigenvalue weighted by atomic mass is 32.2. The van der Waals surface area contributed by atoms with E-state index in [-0.39, 0.29) is 49.3 Å². The molecular weight excluding hydrogens is 380 g/mol. The third kappa shape index (κ3) is 4.31. The molecule has 0 radical (unpaired) electrons. The number of likely N-dealkylation sites (tertiary alicyclic amines) is 1. The minimum Gasteiger partial charge on any atom is -0.337 e. The highest BCUT2D eigenvalue weighted by Gasteiger charge is 2.30. The number of benzene rings is 1. The Balaban J connectivity index is 1.78. The molecule has 3 rings (SSSR count). The maximum absolute atomic E-state index is 13.2. The van der Waals surface area contributed by atoms with Crippen LogP contribution in [0.1, 0.15) is 30.7 Å². The van der Waals surface area contributed by atoms with E-state index < -0.39 is 10.0 Å². The molecule has 0 bridgehead atoms. The average Bonchev–Trinajstić information content (AvgIpc) is 3.17. The van der Waals surface area contributed by atoms with Gasteiger partial charge in [-0.2, -0.15) is 4.31 Å². The molecule has 1 aliphatic heterocycles. The molecule has 1 aromatic heterocycles. The van der Waals surface area contributed by atoms with Crippen molar-refractivity contribution in [1.82, 2.24) is 18.8 Å². The van der Waals surface area contributed by atoms with Crippen LogP contribution in [0, 0.1) is 6.92 Å². The Morgan fingerprint density at radius 2 is 1.75 bits per heavy atom. The van der Waals surface area contributed by atoms with Crippen LogP contribution in [-0.4, -0.2) is 52.1 Å². The van der Waals surface area contributed by atoms with Gasteiger partial charge in [0, 0.05) is 45.7 Å². The predicted octanol–water partition coefficient (Wildman–Crippen LogP) is 1.46. The number of amides is 2. The number of imidazole rings is 1. The average molecular weight is 404 g/mol. The van der Waals surface area contributed by atoms with Gasteiger partial charge in [0.25, 0.3) is 10.0 Å². The first-order valence-corrected chi connectivity index (χ1v) is 10.6. The van der Waals surface area contributed by atoms with Crippen molar-refractivity contribution in [3.8, 4) is 0 Å². The first-order chi connectivity index (χ1) is 13.3. The summed E-state index contributed by atoms with van der Waals surface area (Å²) in [5, 5.41) is -0.00300. The first kappa shape index (κ1) is 20.2. The van der Waals surface area contributed by atoms with Gasteiger partial charge in [0.1, 0.15) is 5.82 Å². The van der Waals surface area contributed by atoms with E-state index in [1.165, 1.54) is 15.4 Å². The summed E-state index contributed by atoms with van der Waals surface area (Å²) in [6, 6.07) is 9.30. The summed E-state index contributed by atoms with van der Waals surface area (Å²) in [4.78, 5) is 28.9. The summed E-state index contributed by atoms with van der Waals surface area (Å²) in [6.07, 6.45) is 2.34. The van der Waals surface area contributed by atoms with Crippen LogP contribution in [-0.2, 0) is 33.2 Å². The minimum absolute atomic E-state index is 0.00300. The Bertz CT molecular complexity index is 934. The smallest absolute Gasteiger partial charge is 0.262 e. The van der Waals surface area contributed by atoms with Crippen molar-refractivity contribution in [1.29, 1.82) is 0 Å². The van der Waals surface area contributed by atoms with E-state index in [1.54, 1.807) is 18.5 Å². The largest absolute Gasteiger partial charge is 0.337 e. The minimum atomic E-state index is -3.81. The second-order valence-corrected chi connectivity index (χ2v) is 8.74. The monoisotopic (exact) mass is 404 g/mol. The molecule has 2 amide bonds. The number of aryl methyl sites for hydroxylation is 2. The van der Waals surface area contributed by atoms with E-state index in [9.17, 15) is 18.0 Å². The van der Waals surface area contributed by atoms with Crippen molar-refractivity contribution >= 4 is 21.8 Å². The molecular formula is C19H24N4O4S. The zero-order chi connectivity index (χ0) is 20.3. The number of aromatic nitrogens is 2. The fourth-order valence-electron chi connectivity index (χ4n) is 3.13. The van der Waals surface area contributed by atoms with Gasteiger partial charge in [-0.1, -0.05) is 30.3 Å². The van der Waals surface area contributed by atoms with E-state index >= 15 is 0 Å². The summed E-state index contributed by atoms with van der Waals surface area (Å²) in [6.45, 7) is 2.34. The Hall–Kier alpha value is -2.52. The number of sulfonamides is 1. The van der Waals surface area contributed by atoms with Gasteiger partial charge in [0.2, 0.25) is 11.8 Å². The number of imide groups is 1. The quantitative estimate of drug-likeness (QED) is 0.621. The SMILES string of the molecule is Cc1nc(S(=O)(=O)N(CCCN2C(=O)CCC2=O)Cc2ccccc2)cn1C. The molecule has 1 saturated heterocycles. The van der Waals surface area contributed by atoms with Crippen molar-refractivity contribution < 1.29 is 18.0 Å². The second-order valence-electron chi connectivity index (χ2n) is 6.85. The van der Waals surface area contributed by atoms with Gasteiger partial charge in [-0.3, -0.25) is 14.5 Å². The third-order valence-electron chi connectivity index (χ3n) is 4.84. The fourth-order valence-corrected chi connectivity index (χ4v) is 4.62. The maximum Gasteiger partial charge on any atom is 0.262 e. The summed E-state index contributed by atoms with van der Waals surface area (Å²) in [5.41, 5.74) is 0.854. The Labute approximate surface area is 164 Å². The van der Waals surface area contributed by atoms with Crippen molar-refractivity contribution in [3.05, 3.63) is 47.9 Å². The van der Waals surface area contributed by atoms with Crippen LogP contribution in [0.25, 0.3) is 0 Å². The van der Waals surface area contributed by atoms with Crippen molar-refractivity contribution in [2.45, 2.75) is 37.8 Å². The molecule has 0 unspecified atom stereocenters. The Morgan fingerprint density at radius 1 is 1.11 bits per heavy atom. The molecule has 8 nitrogen and oxygen atoms in total. The number of hydrogen-bond acceptors (Lipinski definition) is 5. The van der Waals surface area contributed by atoms with Crippen LogP contribution in [0.4, 0.5) is 0 Å². The predicted molar refractivity (Wildman–Crippen MR) is 103 cm³/mol. The van der Waals surface area contributed by atoms with E-state index in [0.717, 1.165) is 5.56 Å². The standard InChI is InChI=1S/C19H24N4O4S/c1-15-20-17(14-21(15)2)28(26,27)22(13-16-7-4-3-5-8-16)11-6-12-23-18(24)9-10-19(23)25/h3-5,7-8,14H,6,9-13H2,1-2H3. The van der Waals surface area contributed by atoms with Gasteiger partial charge in [0.15, 0.2) is 5.03 Å². The molecule has 0 spiro atoms. The van der Waals surface area contributed by atoms with Crippen LogP contribution in [0.3, 0.4) is 0 Å². The van der Waals surface area contributed by atoms with Crippen molar-refractivity contribution in [2.75, 3.05) is 13.1 Å². The maximum atomic E-state index is 13.2. The zero-order valence-electron chi connectivity index (χ0n) is 16.0. The van der Waals surface area contributed by atoms with Crippen LogP contribution in [0.5, 0.6) is 0 Å². The highest BCUT2D eigenvalue weighted by Crippen LogP contribution is 2.19. The third-order valence-corrected chi connectivity index (χ3v) is 6.55. The van der Waals surface area contributed by atoms with Crippen molar-refractivity contribution in [2.24, 2.45) is 7.05 Å². The van der Waals surface area contributed by atoms with E-state index in [0.29, 0.717) is 12.2 Å². The molecule has 0 saturated carbocycles. The molecule has 1 aliphatic rings. The van der Waals surface area contributed by atoms with Gasteiger partial charge >= 0.3 is 0 Å². The molecule has 2 aromatic rings. The molecule has 0 atom stereocenters. The van der Waals surface area contributed by atoms with Crippen molar-refractivity contribution in [3.63, 3.8) is 0 Å². The molecule has 1 fully saturated rings. The number of hydrogen-bond donors (Lipinski definition) is 0. The molecule has 0 aliphatic carbocycles. The summed E-state index contributed by atoms with van der Waals surface area (Å²) in [5.74, 6) is 0.220. The van der Waals surface area contributed by atoms with Gasteiger partial charge in [0.05, 0.1) is 0 Å². The lowest BCUT2D eigenvalue weighted by atomic mass is 10.2. The lowest BCUT2D eigenvalue weighted by molar-refractivity contribution is -0.138. The van der Waals surface area contributed by atoms with E-state index in [1.807, 2.05) is 30.3 Å². The summed E-state index contributed by atoms with van der Waals surface area (Å²) >= 11 is 0. The second kappa shape index (κ2) is 8.24. The van der Waals surface area contributed by atoms with E-state index in [2.05, 4.69) is 4.98 Å². The molecule has 1 aromatic carbocycles. The van der Waals surface area contributed by atoms with Crippen LogP contribution in [0.2, 0.25) is 0 Å². The number of nitrogens with zero attached hydrogens (tertiary/aromatic N) is 4. The summed E-state index contributed by atoms with van der Waals surface area (Å²) < 4.78 is 29.3. The van der Waals surface area contributed by atoms with Crippen LogP contribution in [0.15, 0.2) is 41.6 Å².